The predicted molar refractivity (Wildman–Crippen MR) is 72.7 cm³/mol. The van der Waals surface area contributed by atoms with Gasteiger partial charge < -0.3 is 5.73 Å². The highest BCUT2D eigenvalue weighted by Gasteiger charge is 2.36. The monoisotopic (exact) mass is 295 g/mol. The van der Waals surface area contributed by atoms with Gasteiger partial charge in [0.15, 0.2) is 5.69 Å². The van der Waals surface area contributed by atoms with Crippen molar-refractivity contribution in [1.82, 2.24) is 9.78 Å². The van der Waals surface area contributed by atoms with Crippen LogP contribution in [0, 0.1) is 0 Å². The van der Waals surface area contributed by atoms with Crippen LogP contribution in [0.3, 0.4) is 0 Å². The van der Waals surface area contributed by atoms with Gasteiger partial charge in [-0.2, -0.15) is 18.3 Å². The van der Waals surface area contributed by atoms with E-state index in [0.29, 0.717) is 6.42 Å². The molecule has 1 aliphatic rings. The molecule has 0 bridgehead atoms. The quantitative estimate of drug-likeness (QED) is 0.872. The Morgan fingerprint density at radius 1 is 1.19 bits per heavy atom. The SMILES string of the molecule is CC1CC(n2ccc(C(F)(F)F)n2)C(N)c2ccccc21. The van der Waals surface area contributed by atoms with Gasteiger partial charge >= 0.3 is 6.18 Å². The largest absolute Gasteiger partial charge is 0.435 e. The molecule has 2 N–H and O–H groups in total. The maximum Gasteiger partial charge on any atom is 0.435 e. The molecule has 2 aromatic rings. The first-order valence-electron chi connectivity index (χ1n) is 6.84. The van der Waals surface area contributed by atoms with Crippen LogP contribution in [0.2, 0.25) is 0 Å². The Bertz CT molecular complexity index is 648. The molecule has 3 rings (SSSR count). The molecular formula is C15H16F3N3. The number of benzene rings is 1. The van der Waals surface area contributed by atoms with Crippen LogP contribution in [-0.2, 0) is 6.18 Å². The Morgan fingerprint density at radius 3 is 2.48 bits per heavy atom. The summed E-state index contributed by atoms with van der Waals surface area (Å²) >= 11 is 0. The lowest BCUT2D eigenvalue weighted by Gasteiger charge is -2.35. The van der Waals surface area contributed by atoms with Crippen LogP contribution < -0.4 is 5.73 Å². The van der Waals surface area contributed by atoms with Crippen LogP contribution in [-0.4, -0.2) is 9.78 Å². The lowest BCUT2D eigenvalue weighted by atomic mass is 9.78. The fourth-order valence-corrected chi connectivity index (χ4v) is 3.05. The fraction of sp³-hybridized carbons (Fsp3) is 0.400. The van der Waals surface area contributed by atoms with E-state index < -0.39 is 11.9 Å². The van der Waals surface area contributed by atoms with E-state index in [9.17, 15) is 13.2 Å². The Labute approximate surface area is 120 Å². The molecular weight excluding hydrogens is 279 g/mol. The fourth-order valence-electron chi connectivity index (χ4n) is 3.05. The first kappa shape index (κ1) is 14.1. The number of hydrogen-bond acceptors (Lipinski definition) is 2. The van der Waals surface area contributed by atoms with Gasteiger partial charge in [0.1, 0.15) is 0 Å². The van der Waals surface area contributed by atoms with Crippen molar-refractivity contribution in [2.45, 2.75) is 37.5 Å². The average molecular weight is 295 g/mol. The average Bonchev–Trinajstić information content (AvgIpc) is 2.92. The molecule has 0 amide bonds. The van der Waals surface area contributed by atoms with Gasteiger partial charge in [-0.3, -0.25) is 4.68 Å². The van der Waals surface area contributed by atoms with Gasteiger partial charge in [0.05, 0.1) is 12.1 Å². The summed E-state index contributed by atoms with van der Waals surface area (Å²) in [6, 6.07) is 8.22. The Balaban J connectivity index is 1.96. The molecule has 112 valence electrons. The van der Waals surface area contributed by atoms with Gasteiger partial charge in [-0.25, -0.2) is 0 Å². The summed E-state index contributed by atoms with van der Waals surface area (Å²) in [6.45, 7) is 2.06. The lowest BCUT2D eigenvalue weighted by molar-refractivity contribution is -0.141. The van der Waals surface area contributed by atoms with Crippen molar-refractivity contribution in [2.24, 2.45) is 5.73 Å². The van der Waals surface area contributed by atoms with Crippen molar-refractivity contribution in [2.75, 3.05) is 0 Å². The van der Waals surface area contributed by atoms with Gasteiger partial charge in [0.2, 0.25) is 0 Å². The zero-order valence-electron chi connectivity index (χ0n) is 11.5. The summed E-state index contributed by atoms with van der Waals surface area (Å²) in [7, 11) is 0. The number of nitrogens with two attached hydrogens (primary N) is 1. The minimum atomic E-state index is -4.42. The number of halogens is 3. The Kier molecular flexibility index (Phi) is 3.28. The second-order valence-electron chi connectivity index (χ2n) is 5.54. The van der Waals surface area contributed by atoms with Crippen LogP contribution in [0.4, 0.5) is 13.2 Å². The van der Waals surface area contributed by atoms with Crippen molar-refractivity contribution in [3.8, 4) is 0 Å². The van der Waals surface area contributed by atoms with E-state index in [0.717, 1.165) is 11.6 Å². The molecule has 3 nitrogen and oxygen atoms in total. The predicted octanol–water partition coefficient (Wildman–Crippen LogP) is 3.65. The van der Waals surface area contributed by atoms with E-state index >= 15 is 0 Å². The Morgan fingerprint density at radius 2 is 1.86 bits per heavy atom. The van der Waals surface area contributed by atoms with Crippen molar-refractivity contribution >= 4 is 0 Å². The first-order valence-corrected chi connectivity index (χ1v) is 6.84. The zero-order valence-corrected chi connectivity index (χ0v) is 11.5. The maximum absolute atomic E-state index is 12.7. The van der Waals surface area contributed by atoms with Gasteiger partial charge in [0, 0.05) is 6.20 Å². The molecule has 3 atom stereocenters. The summed E-state index contributed by atoms with van der Waals surface area (Å²) in [5, 5.41) is 3.67. The van der Waals surface area contributed by atoms with Crippen molar-refractivity contribution < 1.29 is 13.2 Å². The first-order chi connectivity index (χ1) is 9.88. The number of rotatable bonds is 1. The third-order valence-corrected chi connectivity index (χ3v) is 4.13. The van der Waals surface area contributed by atoms with Crippen LogP contribution in [0.15, 0.2) is 36.5 Å². The highest BCUT2D eigenvalue weighted by atomic mass is 19.4. The summed E-state index contributed by atoms with van der Waals surface area (Å²) in [5.74, 6) is 0.240. The van der Waals surface area contributed by atoms with Crippen LogP contribution >= 0.6 is 0 Å². The molecule has 0 fully saturated rings. The summed E-state index contributed by atoms with van der Waals surface area (Å²) < 4.78 is 39.4. The number of hydrogen-bond donors (Lipinski definition) is 1. The molecule has 1 aromatic heterocycles. The smallest absolute Gasteiger partial charge is 0.322 e. The van der Waals surface area contributed by atoms with E-state index in [1.54, 1.807) is 0 Å². The minimum Gasteiger partial charge on any atom is -0.322 e. The van der Waals surface area contributed by atoms with Crippen molar-refractivity contribution in [1.29, 1.82) is 0 Å². The maximum atomic E-state index is 12.7. The van der Waals surface area contributed by atoms with Gasteiger partial charge in [-0.1, -0.05) is 31.2 Å². The molecule has 0 saturated carbocycles. The zero-order chi connectivity index (χ0) is 15.2. The third kappa shape index (κ3) is 2.44. The van der Waals surface area contributed by atoms with E-state index in [-0.39, 0.29) is 18.0 Å². The Hall–Kier alpha value is -1.82. The van der Waals surface area contributed by atoms with E-state index in [2.05, 4.69) is 12.0 Å². The molecule has 0 radical (unpaired) electrons. The summed E-state index contributed by atoms with van der Waals surface area (Å²) in [6.07, 6.45) is -2.38. The highest BCUT2D eigenvalue weighted by Crippen LogP contribution is 2.42. The number of nitrogens with zero attached hydrogens (tertiary/aromatic N) is 2. The second kappa shape index (κ2) is 4.87. The molecule has 6 heteroatoms. The molecule has 3 unspecified atom stereocenters. The van der Waals surface area contributed by atoms with E-state index in [1.165, 1.54) is 16.4 Å². The van der Waals surface area contributed by atoms with Crippen LogP contribution in [0.1, 0.15) is 48.2 Å². The van der Waals surface area contributed by atoms with Gasteiger partial charge in [0.25, 0.3) is 0 Å². The molecule has 1 aliphatic carbocycles. The van der Waals surface area contributed by atoms with E-state index in [4.69, 9.17) is 5.73 Å². The summed E-state index contributed by atoms with van der Waals surface area (Å²) in [5.41, 5.74) is 7.55. The normalized spacial score (nSPS) is 25.7. The molecule has 1 aromatic carbocycles. The van der Waals surface area contributed by atoms with Crippen LogP contribution in [0.25, 0.3) is 0 Å². The third-order valence-electron chi connectivity index (χ3n) is 4.13. The van der Waals surface area contributed by atoms with Crippen LogP contribution in [0.5, 0.6) is 0 Å². The topological polar surface area (TPSA) is 43.8 Å². The molecule has 0 saturated heterocycles. The number of fused-ring (bicyclic) bond motifs is 1. The lowest BCUT2D eigenvalue weighted by Crippen LogP contribution is -2.31. The van der Waals surface area contributed by atoms with E-state index in [1.807, 2.05) is 24.3 Å². The highest BCUT2D eigenvalue weighted by molar-refractivity contribution is 5.36. The second-order valence-corrected chi connectivity index (χ2v) is 5.54. The molecule has 0 aliphatic heterocycles. The molecule has 21 heavy (non-hydrogen) atoms. The van der Waals surface area contributed by atoms with Gasteiger partial charge in [-0.15, -0.1) is 0 Å². The summed E-state index contributed by atoms with van der Waals surface area (Å²) in [4.78, 5) is 0. The van der Waals surface area contributed by atoms with Crippen molar-refractivity contribution in [3.05, 3.63) is 53.3 Å². The van der Waals surface area contributed by atoms with Gasteiger partial charge in [-0.05, 0) is 29.5 Å². The number of aromatic nitrogens is 2. The standard InChI is InChI=1S/C15H16F3N3/c1-9-8-12(14(19)11-5-3-2-4-10(9)11)21-7-6-13(20-21)15(16,17)18/h2-7,9,12,14H,8,19H2,1H3. The number of alkyl halides is 3. The minimum absolute atomic E-state index is 0.240. The molecule has 1 heterocycles. The van der Waals surface area contributed by atoms with Crippen molar-refractivity contribution in [3.63, 3.8) is 0 Å². The molecule has 0 spiro atoms.